The number of hydrogen-bond acceptors (Lipinski definition) is 3. The summed E-state index contributed by atoms with van der Waals surface area (Å²) in [6, 6.07) is 8.43. The van der Waals surface area contributed by atoms with Crippen molar-refractivity contribution in [3.05, 3.63) is 35.4 Å². The van der Waals surface area contributed by atoms with Crippen molar-refractivity contribution in [2.24, 2.45) is 0 Å². The number of hydrogen-bond donors (Lipinski definition) is 1. The summed E-state index contributed by atoms with van der Waals surface area (Å²) in [6.07, 6.45) is 3.71. The van der Waals surface area contributed by atoms with Gasteiger partial charge in [-0.2, -0.15) is 0 Å². The van der Waals surface area contributed by atoms with Gasteiger partial charge in [0.15, 0.2) is 6.29 Å². The molecule has 1 saturated carbocycles. The van der Waals surface area contributed by atoms with Crippen molar-refractivity contribution < 1.29 is 14.9 Å². The minimum Gasteiger partial charge on any atom is -0.352 e. The fraction of sp³-hybridized carbons (Fsp3) is 0.571. The lowest BCUT2D eigenvalue weighted by Gasteiger charge is -2.34. The Morgan fingerprint density at radius 1 is 1.18 bits per heavy atom. The molecule has 0 aliphatic heterocycles. The predicted molar refractivity (Wildman–Crippen MR) is 65.8 cm³/mol. The van der Waals surface area contributed by atoms with Crippen LogP contribution in [-0.2, 0) is 15.0 Å². The normalized spacial score (nSPS) is 20.4. The van der Waals surface area contributed by atoms with Gasteiger partial charge >= 0.3 is 0 Å². The zero-order valence-electron chi connectivity index (χ0n) is 10.5. The zero-order valence-corrected chi connectivity index (χ0v) is 10.5. The van der Waals surface area contributed by atoms with Crippen molar-refractivity contribution in [1.82, 2.24) is 0 Å². The zero-order chi connectivity index (χ0) is 12.3. The van der Waals surface area contributed by atoms with E-state index in [1.165, 1.54) is 11.1 Å². The molecule has 1 atom stereocenters. The first-order valence-electron chi connectivity index (χ1n) is 6.13. The largest absolute Gasteiger partial charge is 0.352 e. The summed E-state index contributed by atoms with van der Waals surface area (Å²) in [4.78, 5) is 4.55. The van der Waals surface area contributed by atoms with Gasteiger partial charge in [-0.3, -0.25) is 0 Å². The van der Waals surface area contributed by atoms with Gasteiger partial charge in [0.1, 0.15) is 0 Å². The van der Waals surface area contributed by atoms with E-state index in [1.807, 2.05) is 0 Å². The third kappa shape index (κ3) is 2.23. The van der Waals surface area contributed by atoms with Gasteiger partial charge in [0.05, 0.1) is 0 Å². The van der Waals surface area contributed by atoms with Gasteiger partial charge < -0.3 is 4.74 Å². The molecule has 0 amide bonds. The summed E-state index contributed by atoms with van der Waals surface area (Å²) >= 11 is 0. The molecular weight excluding hydrogens is 216 g/mol. The minimum absolute atomic E-state index is 0.197. The van der Waals surface area contributed by atoms with Crippen LogP contribution in [-0.4, -0.2) is 18.7 Å². The second-order valence-electron chi connectivity index (χ2n) is 4.90. The minimum atomic E-state index is -0.576. The molecule has 1 aromatic rings. The van der Waals surface area contributed by atoms with Crippen LogP contribution in [0.5, 0.6) is 0 Å². The van der Waals surface area contributed by atoms with Crippen molar-refractivity contribution in [3.63, 3.8) is 0 Å². The van der Waals surface area contributed by atoms with Crippen molar-refractivity contribution in [2.45, 2.75) is 44.3 Å². The van der Waals surface area contributed by atoms with Crippen LogP contribution in [0.1, 0.15) is 36.8 Å². The molecule has 3 nitrogen and oxygen atoms in total. The number of methoxy groups -OCH3 is 1. The Bertz CT molecular complexity index is 348. The molecule has 3 heteroatoms. The quantitative estimate of drug-likeness (QED) is 0.495. The lowest BCUT2D eigenvalue weighted by Crippen LogP contribution is -2.39. The summed E-state index contributed by atoms with van der Waals surface area (Å²) in [5, 5.41) is 9.04. The van der Waals surface area contributed by atoms with Crippen LogP contribution in [0.25, 0.3) is 0 Å². The van der Waals surface area contributed by atoms with Crippen LogP contribution < -0.4 is 0 Å². The Balaban J connectivity index is 2.36. The number of benzene rings is 1. The van der Waals surface area contributed by atoms with Crippen LogP contribution >= 0.6 is 0 Å². The summed E-state index contributed by atoms with van der Waals surface area (Å²) < 4.78 is 5.30. The van der Waals surface area contributed by atoms with Gasteiger partial charge in [0.2, 0.25) is 0 Å². The van der Waals surface area contributed by atoms with Crippen LogP contribution in [0.3, 0.4) is 0 Å². The standard InChI is InChI=1S/C14H20O3/c1-11-5-7-12(8-6-11)14(9-3-4-10-14)13(16-2)17-15/h5-8,13,15H,3-4,9-10H2,1-2H3. The molecule has 0 saturated heterocycles. The van der Waals surface area contributed by atoms with Crippen LogP contribution in [0.2, 0.25) is 0 Å². The molecule has 17 heavy (non-hydrogen) atoms. The fourth-order valence-corrected chi connectivity index (χ4v) is 2.92. The third-order valence-corrected chi connectivity index (χ3v) is 3.88. The highest BCUT2D eigenvalue weighted by Gasteiger charge is 2.44. The van der Waals surface area contributed by atoms with Crippen molar-refractivity contribution in [1.29, 1.82) is 0 Å². The molecule has 1 aliphatic carbocycles. The number of ether oxygens (including phenoxy) is 1. The van der Waals surface area contributed by atoms with E-state index >= 15 is 0 Å². The van der Waals surface area contributed by atoms with E-state index < -0.39 is 6.29 Å². The van der Waals surface area contributed by atoms with Crippen LogP contribution in [0, 0.1) is 6.92 Å². The second-order valence-corrected chi connectivity index (χ2v) is 4.90. The molecule has 1 fully saturated rings. The van der Waals surface area contributed by atoms with Gasteiger partial charge in [0, 0.05) is 12.5 Å². The molecule has 1 aliphatic rings. The van der Waals surface area contributed by atoms with Crippen LogP contribution in [0.4, 0.5) is 0 Å². The van der Waals surface area contributed by atoms with E-state index in [4.69, 9.17) is 9.99 Å². The van der Waals surface area contributed by atoms with Crippen LogP contribution in [0.15, 0.2) is 24.3 Å². The molecule has 0 spiro atoms. The Kier molecular flexibility index (Phi) is 3.82. The number of aryl methyl sites for hydroxylation is 1. The first-order chi connectivity index (χ1) is 8.23. The molecular formula is C14H20O3. The van der Waals surface area contributed by atoms with Gasteiger partial charge in [-0.05, 0) is 25.3 Å². The maximum atomic E-state index is 9.04. The summed E-state index contributed by atoms with van der Waals surface area (Å²) in [5.41, 5.74) is 2.24. The maximum Gasteiger partial charge on any atom is 0.200 e. The second kappa shape index (κ2) is 5.17. The molecule has 1 aromatic carbocycles. The van der Waals surface area contributed by atoms with Crippen molar-refractivity contribution >= 4 is 0 Å². The Morgan fingerprint density at radius 3 is 2.24 bits per heavy atom. The average molecular weight is 236 g/mol. The van der Waals surface area contributed by atoms with Crippen molar-refractivity contribution in [3.8, 4) is 0 Å². The summed E-state index contributed by atoms with van der Waals surface area (Å²) in [6.45, 7) is 2.07. The van der Waals surface area contributed by atoms with Gasteiger partial charge in [0.25, 0.3) is 0 Å². The first kappa shape index (κ1) is 12.6. The molecule has 1 unspecified atom stereocenters. The molecule has 0 radical (unpaired) electrons. The van der Waals surface area contributed by atoms with Gasteiger partial charge in [-0.15, -0.1) is 0 Å². The molecule has 0 heterocycles. The highest BCUT2D eigenvalue weighted by molar-refractivity contribution is 5.30. The van der Waals surface area contributed by atoms with Crippen molar-refractivity contribution in [2.75, 3.05) is 7.11 Å². The third-order valence-electron chi connectivity index (χ3n) is 3.88. The topological polar surface area (TPSA) is 38.7 Å². The van der Waals surface area contributed by atoms with Gasteiger partial charge in [-0.1, -0.05) is 42.7 Å². The van der Waals surface area contributed by atoms with E-state index in [0.29, 0.717) is 0 Å². The first-order valence-corrected chi connectivity index (χ1v) is 6.13. The Morgan fingerprint density at radius 2 is 1.76 bits per heavy atom. The Labute approximate surface area is 102 Å². The Hall–Kier alpha value is -0.900. The molecule has 0 aromatic heterocycles. The van der Waals surface area contributed by atoms with E-state index in [9.17, 15) is 0 Å². The SMILES string of the molecule is COC(OO)C1(c2ccc(C)cc2)CCCC1. The van der Waals surface area contributed by atoms with Gasteiger partial charge in [-0.25, -0.2) is 10.1 Å². The predicted octanol–water partition coefficient (Wildman–Crippen LogP) is 3.27. The lowest BCUT2D eigenvalue weighted by atomic mass is 9.78. The fourth-order valence-electron chi connectivity index (χ4n) is 2.92. The van der Waals surface area contributed by atoms with E-state index in [2.05, 4.69) is 36.1 Å². The molecule has 0 bridgehead atoms. The monoisotopic (exact) mass is 236 g/mol. The van der Waals surface area contributed by atoms with E-state index in [1.54, 1.807) is 7.11 Å². The molecule has 1 N–H and O–H groups in total. The van der Waals surface area contributed by atoms with E-state index in [0.717, 1.165) is 25.7 Å². The maximum absolute atomic E-state index is 9.04. The average Bonchev–Trinajstić information content (AvgIpc) is 2.82. The lowest BCUT2D eigenvalue weighted by molar-refractivity contribution is -0.359. The van der Waals surface area contributed by atoms with E-state index in [-0.39, 0.29) is 5.41 Å². The smallest absolute Gasteiger partial charge is 0.200 e. The molecule has 2 rings (SSSR count). The highest BCUT2D eigenvalue weighted by atomic mass is 17.1. The molecule has 94 valence electrons. The highest BCUT2D eigenvalue weighted by Crippen LogP contribution is 2.45. The summed E-state index contributed by atoms with van der Waals surface area (Å²) in [7, 11) is 1.58. The number of rotatable bonds is 4. The summed E-state index contributed by atoms with van der Waals surface area (Å²) in [5.74, 6) is 0.